The Hall–Kier alpha value is -2.44. The lowest BCUT2D eigenvalue weighted by Crippen LogP contribution is -2.45. The summed E-state index contributed by atoms with van der Waals surface area (Å²) in [5.41, 5.74) is 0.898. The van der Waals surface area contributed by atoms with Crippen molar-refractivity contribution < 1.29 is 9.32 Å². The molecule has 1 aliphatic carbocycles. The summed E-state index contributed by atoms with van der Waals surface area (Å²) >= 11 is 0. The van der Waals surface area contributed by atoms with E-state index in [1.54, 1.807) is 0 Å². The topological polar surface area (TPSA) is 75.4 Å². The van der Waals surface area contributed by atoms with Crippen molar-refractivity contribution >= 4 is 11.7 Å². The second kappa shape index (κ2) is 8.74. The molecule has 1 saturated carbocycles. The highest BCUT2D eigenvalue weighted by atomic mass is 16.5. The molecule has 2 aromatic rings. The van der Waals surface area contributed by atoms with Crippen LogP contribution in [0.15, 0.2) is 22.9 Å². The Morgan fingerprint density at radius 3 is 2.60 bits per heavy atom. The zero-order valence-electron chi connectivity index (χ0n) is 17.6. The van der Waals surface area contributed by atoms with Gasteiger partial charge in [0.2, 0.25) is 17.6 Å². The quantitative estimate of drug-likeness (QED) is 0.759. The highest BCUT2D eigenvalue weighted by Crippen LogP contribution is 2.37. The van der Waals surface area contributed by atoms with E-state index in [9.17, 15) is 4.79 Å². The summed E-state index contributed by atoms with van der Waals surface area (Å²) in [5, 5.41) is 4.25. The highest BCUT2D eigenvalue weighted by Gasteiger charge is 2.32. The van der Waals surface area contributed by atoms with E-state index in [2.05, 4.69) is 24.9 Å². The van der Waals surface area contributed by atoms with Gasteiger partial charge in [-0.1, -0.05) is 24.4 Å². The summed E-state index contributed by atoms with van der Waals surface area (Å²) in [7, 11) is 0. The molecule has 0 aromatic carbocycles. The fourth-order valence-corrected chi connectivity index (χ4v) is 4.91. The Labute approximate surface area is 177 Å². The van der Waals surface area contributed by atoms with Gasteiger partial charge in [-0.25, -0.2) is 4.98 Å². The lowest BCUT2D eigenvalue weighted by Gasteiger charge is -2.36. The number of hydrogen-bond donors (Lipinski definition) is 0. The van der Waals surface area contributed by atoms with Crippen molar-refractivity contribution in [2.24, 2.45) is 5.92 Å². The van der Waals surface area contributed by atoms with Crippen molar-refractivity contribution in [1.29, 1.82) is 0 Å². The molecule has 0 bridgehead atoms. The van der Waals surface area contributed by atoms with Crippen molar-refractivity contribution in [2.75, 3.05) is 31.1 Å². The molecule has 2 saturated heterocycles. The van der Waals surface area contributed by atoms with Gasteiger partial charge in [0.15, 0.2) is 0 Å². The van der Waals surface area contributed by atoms with Crippen LogP contribution in [0.25, 0.3) is 11.4 Å². The molecule has 3 aliphatic rings. The van der Waals surface area contributed by atoms with Crippen molar-refractivity contribution in [1.82, 2.24) is 20.0 Å². The van der Waals surface area contributed by atoms with Crippen LogP contribution in [0.3, 0.4) is 0 Å². The third kappa shape index (κ3) is 3.94. The molecule has 3 fully saturated rings. The van der Waals surface area contributed by atoms with Gasteiger partial charge in [0.1, 0.15) is 5.82 Å². The van der Waals surface area contributed by atoms with Gasteiger partial charge in [-0.3, -0.25) is 4.79 Å². The number of rotatable bonds is 4. The average molecular weight is 410 g/mol. The maximum Gasteiger partial charge on any atom is 0.230 e. The minimum atomic E-state index is 0.0440. The van der Waals surface area contributed by atoms with Crippen LogP contribution >= 0.6 is 0 Å². The summed E-state index contributed by atoms with van der Waals surface area (Å²) in [4.78, 5) is 26.9. The molecule has 5 rings (SSSR count). The summed E-state index contributed by atoms with van der Waals surface area (Å²) < 4.78 is 5.55. The van der Waals surface area contributed by atoms with Gasteiger partial charge in [-0.2, -0.15) is 4.98 Å². The van der Waals surface area contributed by atoms with Gasteiger partial charge in [0.05, 0.1) is 11.5 Å². The lowest BCUT2D eigenvalue weighted by atomic mass is 9.85. The van der Waals surface area contributed by atoms with Crippen LogP contribution in [0.5, 0.6) is 0 Å². The zero-order chi connectivity index (χ0) is 20.3. The number of likely N-dealkylation sites (tertiary alicyclic amines) is 1. The minimum absolute atomic E-state index is 0.0440. The number of piperidine rings is 1. The first-order valence-corrected chi connectivity index (χ1v) is 11.6. The Balaban J connectivity index is 1.34. The average Bonchev–Trinajstić information content (AvgIpc) is 3.05. The van der Waals surface area contributed by atoms with E-state index in [1.165, 1.54) is 19.3 Å². The van der Waals surface area contributed by atoms with Crippen molar-refractivity contribution in [2.45, 2.75) is 63.7 Å². The van der Waals surface area contributed by atoms with E-state index in [0.29, 0.717) is 24.2 Å². The Morgan fingerprint density at radius 2 is 1.83 bits per heavy atom. The molecule has 30 heavy (non-hydrogen) atoms. The Kier molecular flexibility index (Phi) is 5.69. The molecule has 7 heteroatoms. The normalized spacial score (nSPS) is 23.1. The first kappa shape index (κ1) is 19.5. The zero-order valence-corrected chi connectivity index (χ0v) is 17.6. The second-order valence-electron chi connectivity index (χ2n) is 8.98. The molecule has 1 atom stereocenters. The molecule has 1 amide bonds. The third-order valence-corrected chi connectivity index (χ3v) is 6.91. The number of aromatic nitrogens is 3. The first-order valence-electron chi connectivity index (χ1n) is 11.6. The second-order valence-corrected chi connectivity index (χ2v) is 8.98. The molecule has 0 N–H and O–H groups in total. The van der Waals surface area contributed by atoms with E-state index in [-0.39, 0.29) is 5.92 Å². The van der Waals surface area contributed by atoms with Crippen LogP contribution in [-0.4, -0.2) is 52.1 Å². The fraction of sp³-hybridized carbons (Fsp3) is 0.652. The van der Waals surface area contributed by atoms with E-state index in [0.717, 1.165) is 75.4 Å². The van der Waals surface area contributed by atoms with E-state index < -0.39 is 0 Å². The maximum absolute atomic E-state index is 13.2. The van der Waals surface area contributed by atoms with E-state index >= 15 is 0 Å². The molecular weight excluding hydrogens is 378 g/mol. The van der Waals surface area contributed by atoms with Crippen LogP contribution < -0.4 is 4.90 Å². The smallest absolute Gasteiger partial charge is 0.230 e. The fourth-order valence-electron chi connectivity index (χ4n) is 4.91. The van der Waals surface area contributed by atoms with Crippen LogP contribution in [0, 0.1) is 5.92 Å². The van der Waals surface area contributed by atoms with Crippen molar-refractivity contribution in [3.8, 4) is 11.4 Å². The Bertz CT molecular complexity index is 870. The number of carbonyl (C=O) groups excluding carboxylic acids is 1. The predicted molar refractivity (Wildman–Crippen MR) is 114 cm³/mol. The molecule has 4 heterocycles. The van der Waals surface area contributed by atoms with Crippen LogP contribution in [-0.2, 0) is 4.79 Å². The molecule has 7 nitrogen and oxygen atoms in total. The first-order chi connectivity index (χ1) is 14.8. The van der Waals surface area contributed by atoms with Crippen molar-refractivity contribution in [3.63, 3.8) is 0 Å². The summed E-state index contributed by atoms with van der Waals surface area (Å²) in [6, 6.07) is 3.93. The summed E-state index contributed by atoms with van der Waals surface area (Å²) in [6.07, 6.45) is 12.0. The third-order valence-electron chi connectivity index (χ3n) is 6.91. The van der Waals surface area contributed by atoms with E-state index in [1.807, 2.05) is 18.3 Å². The number of carbonyl (C=O) groups is 1. The predicted octanol–water partition coefficient (Wildman–Crippen LogP) is 4.02. The molecule has 1 unspecified atom stereocenters. The molecule has 2 aromatic heterocycles. The van der Waals surface area contributed by atoms with Gasteiger partial charge in [0.25, 0.3) is 0 Å². The maximum atomic E-state index is 13.2. The van der Waals surface area contributed by atoms with Crippen LogP contribution in [0.2, 0.25) is 0 Å². The molecule has 2 aliphatic heterocycles. The van der Waals surface area contributed by atoms with E-state index in [4.69, 9.17) is 4.52 Å². The standard InChI is InChI=1S/C23H31N5O2/c29-23(27-13-3-1-2-4-14-27)18-10-7-15-28(16-18)21-19(11-6-12-24-21)20-25-22(30-26-20)17-8-5-9-17/h6,11-12,17-18H,1-5,7-10,13-16H2. The minimum Gasteiger partial charge on any atom is -0.355 e. The van der Waals surface area contributed by atoms with Crippen molar-refractivity contribution in [3.05, 3.63) is 24.2 Å². The Morgan fingerprint density at radius 1 is 1.00 bits per heavy atom. The molecule has 0 spiro atoms. The van der Waals surface area contributed by atoms with Crippen LogP contribution in [0.4, 0.5) is 5.82 Å². The number of pyridine rings is 1. The van der Waals surface area contributed by atoms with Gasteiger partial charge in [-0.05, 0) is 50.7 Å². The largest absolute Gasteiger partial charge is 0.355 e. The van der Waals surface area contributed by atoms with Gasteiger partial charge >= 0.3 is 0 Å². The van der Waals surface area contributed by atoms with Gasteiger partial charge in [0, 0.05) is 38.3 Å². The SMILES string of the molecule is O=C(C1CCCN(c2ncccc2-c2noc(C3CCC3)n2)C1)N1CCCCCC1. The monoisotopic (exact) mass is 409 g/mol. The van der Waals surface area contributed by atoms with Crippen LogP contribution in [0.1, 0.15) is 69.6 Å². The van der Waals surface area contributed by atoms with Gasteiger partial charge < -0.3 is 14.3 Å². The number of anilines is 1. The molecule has 0 radical (unpaired) electrons. The van der Waals surface area contributed by atoms with Gasteiger partial charge in [-0.15, -0.1) is 0 Å². The number of hydrogen-bond acceptors (Lipinski definition) is 6. The highest BCUT2D eigenvalue weighted by molar-refractivity contribution is 5.80. The summed E-state index contributed by atoms with van der Waals surface area (Å²) in [6.45, 7) is 3.45. The molecule has 160 valence electrons. The number of nitrogens with zero attached hydrogens (tertiary/aromatic N) is 5. The summed E-state index contributed by atoms with van der Waals surface area (Å²) in [5.74, 6) is 3.01. The molecular formula is C23H31N5O2. The lowest BCUT2D eigenvalue weighted by molar-refractivity contribution is -0.135. The number of amides is 1.